The molecule has 3 nitrogen and oxygen atoms in total. The molecule has 0 heterocycles. The van der Waals surface area contributed by atoms with E-state index in [-0.39, 0.29) is 10.6 Å². The minimum atomic E-state index is -0.288. The minimum absolute atomic E-state index is 0.167. The van der Waals surface area contributed by atoms with Crippen LogP contribution in [0.3, 0.4) is 0 Å². The largest absolute Gasteiger partial charge is 0.277 e. The molecule has 0 fully saturated rings. The Labute approximate surface area is 133 Å². The van der Waals surface area contributed by atoms with E-state index in [4.69, 9.17) is 0 Å². The lowest BCUT2D eigenvalue weighted by molar-refractivity contribution is -0.383. The second-order valence-corrected chi connectivity index (χ2v) is 6.01. The number of non-ortho nitro benzene ring substituents is 1. The number of hydrogen-bond donors (Lipinski definition) is 0. The van der Waals surface area contributed by atoms with Crippen molar-refractivity contribution in [2.24, 2.45) is 0 Å². The molecule has 4 aromatic carbocycles. The van der Waals surface area contributed by atoms with Gasteiger partial charge in [0, 0.05) is 6.07 Å². The molecule has 112 valence electrons. The van der Waals surface area contributed by atoms with Gasteiger partial charge in [0.25, 0.3) is 5.69 Å². The van der Waals surface area contributed by atoms with Crippen LogP contribution in [0.4, 0.5) is 5.69 Å². The second kappa shape index (κ2) is 4.78. The molecular formula is C20H15NO2. The van der Waals surface area contributed by atoms with E-state index < -0.39 is 0 Å². The summed E-state index contributed by atoms with van der Waals surface area (Å²) in [5.74, 6) is 0. The summed E-state index contributed by atoms with van der Waals surface area (Å²) in [5.41, 5.74) is 2.52. The van der Waals surface area contributed by atoms with Crippen molar-refractivity contribution in [3.8, 4) is 0 Å². The summed E-state index contributed by atoms with van der Waals surface area (Å²) in [6.07, 6.45) is 0. The van der Waals surface area contributed by atoms with Crippen LogP contribution in [0.25, 0.3) is 32.3 Å². The average molecular weight is 301 g/mol. The molecule has 3 heteroatoms. The van der Waals surface area contributed by atoms with Crippen LogP contribution in [0.15, 0.2) is 54.6 Å². The van der Waals surface area contributed by atoms with Gasteiger partial charge in [0.05, 0.1) is 10.3 Å². The molecule has 23 heavy (non-hydrogen) atoms. The molecule has 4 aromatic rings. The highest BCUT2D eigenvalue weighted by atomic mass is 16.6. The van der Waals surface area contributed by atoms with Gasteiger partial charge in [-0.05, 0) is 46.3 Å². The first-order chi connectivity index (χ1) is 11.1. The molecule has 0 saturated heterocycles. The van der Waals surface area contributed by atoms with Crippen molar-refractivity contribution in [1.29, 1.82) is 0 Å². The Balaban J connectivity index is 2.44. The van der Waals surface area contributed by atoms with Gasteiger partial charge in [0.1, 0.15) is 0 Å². The lowest BCUT2D eigenvalue weighted by Gasteiger charge is -2.13. The lowest BCUT2D eigenvalue weighted by atomic mass is 9.90. The van der Waals surface area contributed by atoms with Gasteiger partial charge >= 0.3 is 0 Å². The summed E-state index contributed by atoms with van der Waals surface area (Å²) < 4.78 is 0. The third kappa shape index (κ3) is 1.90. The molecular weight excluding hydrogens is 286 g/mol. The third-order valence-electron chi connectivity index (χ3n) is 4.47. The van der Waals surface area contributed by atoms with Gasteiger partial charge < -0.3 is 0 Å². The highest BCUT2D eigenvalue weighted by molar-refractivity contribution is 6.28. The quantitative estimate of drug-likeness (QED) is 0.258. The summed E-state index contributed by atoms with van der Waals surface area (Å²) in [4.78, 5) is 11.3. The van der Waals surface area contributed by atoms with Crippen LogP contribution < -0.4 is 0 Å². The van der Waals surface area contributed by atoms with Gasteiger partial charge in [-0.3, -0.25) is 10.1 Å². The predicted molar refractivity (Wildman–Crippen MR) is 95.1 cm³/mol. The summed E-state index contributed by atoms with van der Waals surface area (Å²) in [5, 5.41) is 17.5. The molecule has 0 aliphatic heterocycles. The molecule has 0 aromatic heterocycles. The highest BCUT2D eigenvalue weighted by Crippen LogP contribution is 2.40. The summed E-state index contributed by atoms with van der Waals surface area (Å²) in [7, 11) is 0. The van der Waals surface area contributed by atoms with E-state index in [0.29, 0.717) is 0 Å². The maximum Gasteiger partial charge on any atom is 0.277 e. The fourth-order valence-corrected chi connectivity index (χ4v) is 3.66. The molecule has 0 saturated carbocycles. The van der Waals surface area contributed by atoms with Crippen LogP contribution in [-0.2, 0) is 0 Å². The van der Waals surface area contributed by atoms with Gasteiger partial charge in [0.2, 0.25) is 0 Å². The Morgan fingerprint density at radius 2 is 1.48 bits per heavy atom. The van der Waals surface area contributed by atoms with Crippen LogP contribution >= 0.6 is 0 Å². The zero-order valence-corrected chi connectivity index (χ0v) is 13.0. The van der Waals surface area contributed by atoms with E-state index in [1.807, 2.05) is 30.3 Å². The van der Waals surface area contributed by atoms with E-state index in [1.54, 1.807) is 12.1 Å². The maximum absolute atomic E-state index is 11.5. The predicted octanol–water partition coefficient (Wildman–Crippen LogP) is 5.67. The van der Waals surface area contributed by atoms with Crippen LogP contribution in [0.2, 0.25) is 0 Å². The summed E-state index contributed by atoms with van der Waals surface area (Å²) in [6.45, 7) is 4.15. The maximum atomic E-state index is 11.5. The second-order valence-electron chi connectivity index (χ2n) is 6.01. The standard InChI is InChI=1S/C20H15NO2/c1-12-10-13(2)19-16-8-5-9-18(21(22)23)20(16)15-7-4-3-6-14(15)17(19)11-12/h3-11H,1-2H3. The molecule has 0 radical (unpaired) electrons. The first-order valence-electron chi connectivity index (χ1n) is 7.56. The van der Waals surface area contributed by atoms with Crippen LogP contribution in [0.5, 0.6) is 0 Å². The zero-order valence-electron chi connectivity index (χ0n) is 13.0. The SMILES string of the molecule is Cc1cc(C)c2c(c1)c1ccccc1c1c([N+](=O)[O-])cccc21. The normalized spacial score (nSPS) is 11.4. The van der Waals surface area contributed by atoms with Gasteiger partial charge in [-0.2, -0.15) is 0 Å². The molecule has 0 aliphatic rings. The average Bonchev–Trinajstić information content (AvgIpc) is 2.53. The lowest BCUT2D eigenvalue weighted by Crippen LogP contribution is -1.93. The van der Waals surface area contributed by atoms with Crippen molar-refractivity contribution < 1.29 is 4.92 Å². The number of fused-ring (bicyclic) bond motifs is 6. The van der Waals surface area contributed by atoms with Gasteiger partial charge in [0.15, 0.2) is 0 Å². The number of nitro benzene ring substituents is 1. The first-order valence-corrected chi connectivity index (χ1v) is 7.56. The van der Waals surface area contributed by atoms with Crippen molar-refractivity contribution in [3.63, 3.8) is 0 Å². The first kappa shape index (κ1) is 13.7. The van der Waals surface area contributed by atoms with Gasteiger partial charge in [-0.15, -0.1) is 0 Å². The Morgan fingerprint density at radius 1 is 0.783 bits per heavy atom. The van der Waals surface area contributed by atoms with E-state index in [9.17, 15) is 10.1 Å². The topological polar surface area (TPSA) is 43.1 Å². The number of nitro groups is 1. The number of hydrogen-bond acceptors (Lipinski definition) is 2. The van der Waals surface area contributed by atoms with Crippen molar-refractivity contribution >= 4 is 38.0 Å². The molecule has 0 amide bonds. The fourth-order valence-electron chi connectivity index (χ4n) is 3.66. The van der Waals surface area contributed by atoms with Crippen molar-refractivity contribution in [2.75, 3.05) is 0 Å². The molecule has 4 rings (SSSR count). The molecule has 0 bridgehead atoms. The monoisotopic (exact) mass is 301 g/mol. The third-order valence-corrected chi connectivity index (χ3v) is 4.47. The summed E-state index contributed by atoms with van der Waals surface area (Å²) in [6, 6.07) is 17.6. The van der Waals surface area contributed by atoms with Crippen molar-refractivity contribution in [2.45, 2.75) is 13.8 Å². The smallest absolute Gasteiger partial charge is 0.258 e. The highest BCUT2D eigenvalue weighted by Gasteiger charge is 2.18. The van der Waals surface area contributed by atoms with Gasteiger partial charge in [-0.25, -0.2) is 0 Å². The Bertz CT molecular complexity index is 1110. The summed E-state index contributed by atoms with van der Waals surface area (Å²) >= 11 is 0. The van der Waals surface area contributed by atoms with Crippen LogP contribution in [-0.4, -0.2) is 4.92 Å². The van der Waals surface area contributed by atoms with Crippen molar-refractivity contribution in [1.82, 2.24) is 0 Å². The molecule has 0 spiro atoms. The number of nitrogens with zero attached hydrogens (tertiary/aromatic N) is 1. The molecule has 0 atom stereocenters. The van der Waals surface area contributed by atoms with E-state index >= 15 is 0 Å². The van der Waals surface area contributed by atoms with Crippen LogP contribution in [0.1, 0.15) is 11.1 Å². The fraction of sp³-hybridized carbons (Fsp3) is 0.100. The number of rotatable bonds is 1. The number of benzene rings is 4. The Kier molecular flexibility index (Phi) is 2.85. The van der Waals surface area contributed by atoms with E-state index in [2.05, 4.69) is 26.0 Å². The minimum Gasteiger partial charge on any atom is -0.258 e. The van der Waals surface area contributed by atoms with E-state index in [0.717, 1.165) is 37.9 Å². The molecule has 0 unspecified atom stereocenters. The van der Waals surface area contributed by atoms with Crippen LogP contribution in [0, 0.1) is 24.0 Å². The number of aryl methyl sites for hydroxylation is 2. The molecule has 0 N–H and O–H groups in total. The Hall–Kier alpha value is -2.94. The van der Waals surface area contributed by atoms with Crippen molar-refractivity contribution in [3.05, 3.63) is 75.8 Å². The Morgan fingerprint density at radius 3 is 2.22 bits per heavy atom. The zero-order chi connectivity index (χ0) is 16.1. The van der Waals surface area contributed by atoms with Gasteiger partial charge in [-0.1, -0.05) is 54.1 Å². The van der Waals surface area contributed by atoms with E-state index in [1.165, 1.54) is 5.56 Å². The molecule has 0 aliphatic carbocycles.